The highest BCUT2D eigenvalue weighted by atomic mass is 35.5. The van der Waals surface area contributed by atoms with Crippen molar-refractivity contribution in [2.75, 3.05) is 0 Å². The average molecular weight is 299 g/mol. The fraction of sp³-hybridized carbons (Fsp3) is 0.0588. The zero-order valence-electron chi connectivity index (χ0n) is 11.0. The van der Waals surface area contributed by atoms with E-state index in [2.05, 4.69) is 0 Å². The number of halogens is 1. The molecule has 2 aromatic carbocycles. The van der Waals surface area contributed by atoms with Crippen LogP contribution in [0.3, 0.4) is 0 Å². The van der Waals surface area contributed by atoms with Crippen molar-refractivity contribution < 1.29 is 14.7 Å². The van der Waals surface area contributed by atoms with Gasteiger partial charge in [0, 0.05) is 22.6 Å². The summed E-state index contributed by atoms with van der Waals surface area (Å²) in [5.74, 6) is -1.41. The van der Waals surface area contributed by atoms with Gasteiger partial charge in [0.2, 0.25) is 11.6 Å². The summed E-state index contributed by atoms with van der Waals surface area (Å²) in [5, 5.41) is 10.8. The van der Waals surface area contributed by atoms with Crippen molar-refractivity contribution in [1.29, 1.82) is 0 Å². The van der Waals surface area contributed by atoms with Gasteiger partial charge in [-0.25, -0.2) is 0 Å². The van der Waals surface area contributed by atoms with Crippen molar-refractivity contribution >= 4 is 28.9 Å². The minimum Gasteiger partial charge on any atom is -0.507 e. The predicted octanol–water partition coefficient (Wildman–Crippen LogP) is 3.62. The number of aliphatic hydroxyl groups excluding tert-OH is 1. The molecule has 0 aromatic heterocycles. The number of hydrogen-bond acceptors (Lipinski definition) is 3. The van der Waals surface area contributed by atoms with Gasteiger partial charge in [-0.05, 0) is 11.6 Å². The standard InChI is InChI=1S/C17H11ClO3/c18-14-8-4-1-5-10(14)9-13-15(19)11-6-2-3-7-12(11)16(20)17(13)21/h1-8,19H,9H2. The summed E-state index contributed by atoms with van der Waals surface area (Å²) in [4.78, 5) is 24.3. The van der Waals surface area contributed by atoms with Gasteiger partial charge in [0.25, 0.3) is 0 Å². The summed E-state index contributed by atoms with van der Waals surface area (Å²) in [6, 6.07) is 13.6. The molecule has 0 amide bonds. The van der Waals surface area contributed by atoms with Gasteiger partial charge in [-0.1, -0.05) is 54.1 Å². The smallest absolute Gasteiger partial charge is 0.234 e. The third-order valence-electron chi connectivity index (χ3n) is 3.52. The van der Waals surface area contributed by atoms with Gasteiger partial charge >= 0.3 is 0 Å². The van der Waals surface area contributed by atoms with Crippen LogP contribution in [0.5, 0.6) is 0 Å². The van der Waals surface area contributed by atoms with Crippen LogP contribution in [0.4, 0.5) is 0 Å². The summed E-state index contributed by atoms with van der Waals surface area (Å²) in [6.45, 7) is 0. The first kappa shape index (κ1) is 13.6. The third-order valence-corrected chi connectivity index (χ3v) is 3.89. The monoisotopic (exact) mass is 298 g/mol. The predicted molar refractivity (Wildman–Crippen MR) is 80.5 cm³/mol. The Balaban J connectivity index is 2.12. The maximum absolute atomic E-state index is 12.2. The number of rotatable bonds is 2. The van der Waals surface area contributed by atoms with E-state index in [9.17, 15) is 14.7 Å². The fourth-order valence-electron chi connectivity index (χ4n) is 2.41. The highest BCUT2D eigenvalue weighted by molar-refractivity contribution is 6.52. The molecule has 0 atom stereocenters. The Hall–Kier alpha value is -2.39. The van der Waals surface area contributed by atoms with E-state index in [0.717, 1.165) is 0 Å². The molecular formula is C17H11ClO3. The van der Waals surface area contributed by atoms with Gasteiger partial charge in [0.05, 0.1) is 5.57 Å². The van der Waals surface area contributed by atoms with E-state index in [0.29, 0.717) is 16.1 Å². The van der Waals surface area contributed by atoms with E-state index in [1.54, 1.807) is 42.5 Å². The first-order valence-electron chi connectivity index (χ1n) is 6.43. The van der Waals surface area contributed by atoms with E-state index in [1.165, 1.54) is 6.07 Å². The van der Waals surface area contributed by atoms with Crippen molar-refractivity contribution in [2.45, 2.75) is 6.42 Å². The quantitative estimate of drug-likeness (QED) is 0.862. The number of carbonyl (C=O) groups is 2. The van der Waals surface area contributed by atoms with Crippen LogP contribution in [0, 0.1) is 0 Å². The number of benzene rings is 2. The molecule has 0 aliphatic heterocycles. The summed E-state index contributed by atoms with van der Waals surface area (Å²) < 4.78 is 0. The molecule has 3 rings (SSSR count). The van der Waals surface area contributed by atoms with Crippen LogP contribution in [-0.4, -0.2) is 16.7 Å². The van der Waals surface area contributed by atoms with Gasteiger partial charge < -0.3 is 5.11 Å². The molecule has 0 unspecified atom stereocenters. The van der Waals surface area contributed by atoms with Gasteiger partial charge in [-0.2, -0.15) is 0 Å². The number of ketones is 2. The number of Topliss-reactive ketones (excluding diaryl/α,β-unsaturated/α-hetero) is 2. The zero-order valence-corrected chi connectivity index (χ0v) is 11.7. The molecule has 0 fully saturated rings. The van der Waals surface area contributed by atoms with Crippen LogP contribution in [0.2, 0.25) is 5.02 Å². The lowest BCUT2D eigenvalue weighted by atomic mass is 9.86. The molecule has 4 heteroatoms. The molecule has 0 saturated heterocycles. The van der Waals surface area contributed by atoms with Crippen LogP contribution < -0.4 is 0 Å². The highest BCUT2D eigenvalue weighted by Gasteiger charge is 2.32. The summed E-state index contributed by atoms with van der Waals surface area (Å²) in [7, 11) is 0. The molecule has 0 saturated carbocycles. The normalized spacial score (nSPS) is 14.3. The van der Waals surface area contributed by atoms with E-state index in [1.807, 2.05) is 0 Å². The number of fused-ring (bicyclic) bond motifs is 1. The van der Waals surface area contributed by atoms with E-state index in [4.69, 9.17) is 11.6 Å². The Kier molecular flexibility index (Phi) is 3.35. The highest BCUT2D eigenvalue weighted by Crippen LogP contribution is 2.30. The first-order chi connectivity index (χ1) is 10.1. The lowest BCUT2D eigenvalue weighted by molar-refractivity contribution is -0.112. The zero-order chi connectivity index (χ0) is 15.0. The Morgan fingerprint density at radius 2 is 1.48 bits per heavy atom. The van der Waals surface area contributed by atoms with Crippen molar-refractivity contribution in [3.05, 3.63) is 75.8 Å². The Labute approximate surface area is 126 Å². The molecule has 1 aliphatic rings. The van der Waals surface area contributed by atoms with Gasteiger partial charge in [0.15, 0.2) is 0 Å². The molecule has 2 aromatic rings. The van der Waals surface area contributed by atoms with Crippen molar-refractivity contribution in [3.63, 3.8) is 0 Å². The van der Waals surface area contributed by atoms with Crippen molar-refractivity contribution in [2.24, 2.45) is 0 Å². The Bertz CT molecular complexity index is 790. The van der Waals surface area contributed by atoms with E-state index >= 15 is 0 Å². The van der Waals surface area contributed by atoms with Crippen molar-refractivity contribution in [3.8, 4) is 0 Å². The van der Waals surface area contributed by atoms with E-state index < -0.39 is 11.6 Å². The second kappa shape index (κ2) is 5.19. The summed E-state index contributed by atoms with van der Waals surface area (Å²) in [6.07, 6.45) is 0.129. The molecule has 0 heterocycles. The number of hydrogen-bond donors (Lipinski definition) is 1. The minimum absolute atomic E-state index is 0.0896. The molecule has 1 N–H and O–H groups in total. The molecule has 1 aliphatic carbocycles. The van der Waals surface area contributed by atoms with Crippen LogP contribution in [0.1, 0.15) is 21.5 Å². The van der Waals surface area contributed by atoms with Crippen LogP contribution in [0.15, 0.2) is 54.1 Å². The van der Waals surface area contributed by atoms with Gasteiger partial charge in [-0.3, -0.25) is 9.59 Å². The molecule has 3 nitrogen and oxygen atoms in total. The van der Waals surface area contributed by atoms with Crippen molar-refractivity contribution in [1.82, 2.24) is 0 Å². The lowest BCUT2D eigenvalue weighted by Crippen LogP contribution is -2.25. The first-order valence-corrected chi connectivity index (χ1v) is 6.81. The second-order valence-electron chi connectivity index (χ2n) is 4.80. The van der Waals surface area contributed by atoms with Gasteiger partial charge in [-0.15, -0.1) is 0 Å². The molecule has 21 heavy (non-hydrogen) atoms. The van der Waals surface area contributed by atoms with Crippen LogP contribution >= 0.6 is 11.6 Å². The third kappa shape index (κ3) is 2.26. The lowest BCUT2D eigenvalue weighted by Gasteiger charge is -2.18. The Morgan fingerprint density at radius 3 is 2.19 bits per heavy atom. The summed E-state index contributed by atoms with van der Waals surface area (Å²) >= 11 is 6.08. The largest absolute Gasteiger partial charge is 0.507 e. The topological polar surface area (TPSA) is 54.4 Å². The van der Waals surface area contributed by atoms with E-state index in [-0.39, 0.29) is 23.3 Å². The molecule has 0 spiro atoms. The number of allylic oxidation sites excluding steroid dienone is 1. The van der Waals surface area contributed by atoms with Gasteiger partial charge in [0.1, 0.15) is 5.76 Å². The number of aliphatic hydroxyl groups is 1. The molecule has 0 bridgehead atoms. The maximum Gasteiger partial charge on any atom is 0.234 e. The second-order valence-corrected chi connectivity index (χ2v) is 5.21. The Morgan fingerprint density at radius 1 is 0.857 bits per heavy atom. The molecular weight excluding hydrogens is 288 g/mol. The SMILES string of the molecule is O=C1C(=O)c2ccccc2C(O)=C1Cc1ccccc1Cl. The van der Waals surface area contributed by atoms with Crippen LogP contribution in [-0.2, 0) is 11.2 Å². The average Bonchev–Trinajstić information content (AvgIpc) is 2.51. The number of carbonyl (C=O) groups excluding carboxylic acids is 2. The minimum atomic E-state index is -0.675. The fourth-order valence-corrected chi connectivity index (χ4v) is 2.62. The maximum atomic E-state index is 12.2. The van der Waals surface area contributed by atoms with Crippen LogP contribution in [0.25, 0.3) is 5.76 Å². The molecule has 104 valence electrons. The molecule has 0 radical (unpaired) electrons. The summed E-state index contributed by atoms with van der Waals surface area (Å²) in [5.41, 5.74) is 1.42.